The second-order valence-electron chi connectivity index (χ2n) is 8.57. The first-order valence-electron chi connectivity index (χ1n) is 11.1. The van der Waals surface area contributed by atoms with Crippen molar-refractivity contribution in [2.45, 2.75) is 122 Å². The number of nitrogens with zero attached hydrogens (tertiary/aromatic N) is 1. The molecule has 0 spiro atoms. The molecule has 0 bridgehead atoms. The van der Waals surface area contributed by atoms with Gasteiger partial charge in [0.1, 0.15) is 0 Å². The lowest BCUT2D eigenvalue weighted by Crippen LogP contribution is -2.57. The van der Waals surface area contributed by atoms with E-state index in [1.165, 1.54) is 19.3 Å². The van der Waals surface area contributed by atoms with E-state index in [2.05, 4.69) is 18.7 Å². The van der Waals surface area contributed by atoms with Crippen LogP contribution in [0.1, 0.15) is 110 Å². The van der Waals surface area contributed by atoms with Crippen LogP contribution in [-0.4, -0.2) is 33.5 Å². The number of aliphatic carboxylic acids is 1. The maximum atomic E-state index is 13.7. The molecule has 2 saturated carbocycles. The first kappa shape index (κ1) is 21.2. The van der Waals surface area contributed by atoms with E-state index in [1.54, 1.807) is 0 Å². The molecule has 0 heterocycles. The summed E-state index contributed by atoms with van der Waals surface area (Å²) in [6.45, 7) is 4.34. The number of carbonyl (C=O) groups is 2. The van der Waals surface area contributed by atoms with Crippen molar-refractivity contribution in [2.75, 3.05) is 0 Å². The molecule has 150 valence electrons. The minimum absolute atomic E-state index is 0.0102. The Balaban J connectivity index is 2.28. The summed E-state index contributed by atoms with van der Waals surface area (Å²) in [5, 5.41) is 9.19. The number of hydrogen-bond donors (Lipinski definition) is 1. The maximum absolute atomic E-state index is 13.7. The molecular weight excluding hydrogens is 326 g/mol. The lowest BCUT2D eigenvalue weighted by molar-refractivity contribution is -0.149. The molecule has 2 aliphatic rings. The van der Waals surface area contributed by atoms with Crippen molar-refractivity contribution in [1.82, 2.24) is 4.90 Å². The average molecular weight is 366 g/mol. The highest BCUT2D eigenvalue weighted by molar-refractivity contribution is 5.80. The van der Waals surface area contributed by atoms with Gasteiger partial charge in [0.15, 0.2) is 0 Å². The Morgan fingerprint density at radius 3 is 2.27 bits per heavy atom. The zero-order valence-electron chi connectivity index (χ0n) is 17.0. The van der Waals surface area contributed by atoms with E-state index in [9.17, 15) is 14.7 Å². The van der Waals surface area contributed by atoms with E-state index in [0.717, 1.165) is 64.2 Å². The summed E-state index contributed by atoms with van der Waals surface area (Å²) in [4.78, 5) is 27.1. The van der Waals surface area contributed by atoms with Gasteiger partial charge in [0.2, 0.25) is 5.91 Å². The molecule has 0 aliphatic heterocycles. The van der Waals surface area contributed by atoms with Crippen LogP contribution >= 0.6 is 0 Å². The lowest BCUT2D eigenvalue weighted by atomic mass is 9.82. The Bertz CT molecular complexity index is 450. The molecule has 0 aromatic rings. The third-order valence-corrected chi connectivity index (χ3v) is 6.76. The van der Waals surface area contributed by atoms with Crippen LogP contribution in [0.3, 0.4) is 0 Å². The molecule has 2 fully saturated rings. The number of rotatable bonds is 10. The zero-order chi connectivity index (χ0) is 19.0. The summed E-state index contributed by atoms with van der Waals surface area (Å²) >= 11 is 0. The molecular formula is C22H39NO3. The monoisotopic (exact) mass is 365 g/mol. The highest BCUT2D eigenvalue weighted by Gasteiger charge is 2.45. The van der Waals surface area contributed by atoms with Gasteiger partial charge in [-0.3, -0.25) is 9.59 Å². The molecule has 4 nitrogen and oxygen atoms in total. The van der Waals surface area contributed by atoms with Crippen LogP contribution in [0.25, 0.3) is 0 Å². The van der Waals surface area contributed by atoms with Crippen LogP contribution in [0, 0.1) is 5.92 Å². The molecule has 0 saturated heterocycles. The van der Waals surface area contributed by atoms with Gasteiger partial charge in [0.25, 0.3) is 0 Å². The predicted molar refractivity (Wildman–Crippen MR) is 105 cm³/mol. The van der Waals surface area contributed by atoms with Crippen LogP contribution in [-0.2, 0) is 9.59 Å². The number of hydrogen-bond acceptors (Lipinski definition) is 2. The standard InChI is InChI=1S/C22H39NO3/c1-3-5-15-22(16-9-10-17-22)23(19(4-2)13-14-20(24)25)21(26)18-11-7-6-8-12-18/h18-19H,3-17H2,1-2H3,(H,24,25). The third-order valence-electron chi connectivity index (χ3n) is 6.76. The molecule has 1 amide bonds. The van der Waals surface area contributed by atoms with Crippen molar-refractivity contribution in [3.63, 3.8) is 0 Å². The summed E-state index contributed by atoms with van der Waals surface area (Å²) in [6, 6.07) is 0.0792. The summed E-state index contributed by atoms with van der Waals surface area (Å²) in [5.41, 5.74) is -0.0102. The molecule has 0 aromatic heterocycles. The van der Waals surface area contributed by atoms with Crippen LogP contribution in [0.15, 0.2) is 0 Å². The smallest absolute Gasteiger partial charge is 0.303 e. The molecule has 0 radical (unpaired) electrons. The van der Waals surface area contributed by atoms with Crippen molar-refractivity contribution in [1.29, 1.82) is 0 Å². The van der Waals surface area contributed by atoms with E-state index in [1.807, 2.05) is 0 Å². The Hall–Kier alpha value is -1.06. The Labute approximate surface area is 159 Å². The Kier molecular flexibility index (Phi) is 8.43. The van der Waals surface area contributed by atoms with Crippen LogP contribution in [0.4, 0.5) is 0 Å². The first-order valence-corrected chi connectivity index (χ1v) is 11.1. The van der Waals surface area contributed by atoms with Gasteiger partial charge in [-0.1, -0.05) is 58.8 Å². The van der Waals surface area contributed by atoms with Crippen LogP contribution in [0.5, 0.6) is 0 Å². The van der Waals surface area contributed by atoms with Crippen molar-refractivity contribution in [3.05, 3.63) is 0 Å². The molecule has 4 heteroatoms. The molecule has 2 aliphatic carbocycles. The molecule has 0 aromatic carbocycles. The van der Waals surface area contributed by atoms with Gasteiger partial charge in [0, 0.05) is 23.9 Å². The fraction of sp³-hybridized carbons (Fsp3) is 0.909. The predicted octanol–water partition coefficient (Wildman–Crippen LogP) is 5.54. The fourth-order valence-electron chi connectivity index (χ4n) is 5.30. The van der Waals surface area contributed by atoms with Gasteiger partial charge in [-0.25, -0.2) is 0 Å². The molecule has 1 atom stereocenters. The average Bonchev–Trinajstić information content (AvgIpc) is 3.13. The van der Waals surface area contributed by atoms with Gasteiger partial charge in [-0.15, -0.1) is 0 Å². The zero-order valence-corrected chi connectivity index (χ0v) is 17.0. The molecule has 26 heavy (non-hydrogen) atoms. The Morgan fingerprint density at radius 1 is 1.08 bits per heavy atom. The van der Waals surface area contributed by atoms with Gasteiger partial charge < -0.3 is 10.0 Å². The quantitative estimate of drug-likeness (QED) is 0.553. The van der Waals surface area contributed by atoms with E-state index in [4.69, 9.17) is 0 Å². The molecule has 2 rings (SSSR count). The summed E-state index contributed by atoms with van der Waals surface area (Å²) in [7, 11) is 0. The molecule has 1 N–H and O–H groups in total. The minimum atomic E-state index is -0.748. The minimum Gasteiger partial charge on any atom is -0.481 e. The third kappa shape index (κ3) is 5.23. The van der Waals surface area contributed by atoms with Crippen molar-refractivity contribution < 1.29 is 14.7 Å². The number of carbonyl (C=O) groups excluding carboxylic acids is 1. The summed E-state index contributed by atoms with van der Waals surface area (Å²) < 4.78 is 0. The lowest BCUT2D eigenvalue weighted by Gasteiger charge is -2.48. The fourth-order valence-corrected chi connectivity index (χ4v) is 5.30. The van der Waals surface area contributed by atoms with E-state index < -0.39 is 5.97 Å². The van der Waals surface area contributed by atoms with E-state index >= 15 is 0 Å². The normalized spacial score (nSPS) is 21.5. The maximum Gasteiger partial charge on any atom is 0.303 e. The largest absolute Gasteiger partial charge is 0.481 e. The summed E-state index contributed by atoms with van der Waals surface area (Å²) in [5.74, 6) is -0.232. The van der Waals surface area contributed by atoms with Gasteiger partial charge in [-0.05, 0) is 44.9 Å². The second kappa shape index (κ2) is 10.3. The van der Waals surface area contributed by atoms with Gasteiger partial charge >= 0.3 is 5.97 Å². The Morgan fingerprint density at radius 2 is 1.73 bits per heavy atom. The highest BCUT2D eigenvalue weighted by Crippen LogP contribution is 2.43. The second-order valence-corrected chi connectivity index (χ2v) is 8.57. The van der Waals surface area contributed by atoms with E-state index in [-0.39, 0.29) is 23.9 Å². The summed E-state index contributed by atoms with van der Waals surface area (Å²) in [6.07, 6.45) is 15.3. The first-order chi connectivity index (χ1) is 12.5. The van der Waals surface area contributed by atoms with Gasteiger partial charge in [0.05, 0.1) is 0 Å². The van der Waals surface area contributed by atoms with Crippen LogP contribution < -0.4 is 0 Å². The number of carboxylic acids is 1. The number of unbranched alkanes of at least 4 members (excludes halogenated alkanes) is 1. The van der Waals surface area contributed by atoms with Gasteiger partial charge in [-0.2, -0.15) is 0 Å². The molecule has 1 unspecified atom stereocenters. The van der Waals surface area contributed by atoms with Crippen LogP contribution in [0.2, 0.25) is 0 Å². The number of carboxylic acid groups (broad SMARTS) is 1. The van der Waals surface area contributed by atoms with Crippen molar-refractivity contribution >= 4 is 11.9 Å². The van der Waals surface area contributed by atoms with Crippen molar-refractivity contribution in [3.8, 4) is 0 Å². The topological polar surface area (TPSA) is 57.6 Å². The SMILES string of the molecule is CCCCC1(N(C(=O)C2CCCCC2)C(CC)CCC(=O)O)CCCC1. The number of amides is 1. The van der Waals surface area contributed by atoms with E-state index in [0.29, 0.717) is 12.3 Å². The highest BCUT2D eigenvalue weighted by atomic mass is 16.4. The van der Waals surface area contributed by atoms with Crippen molar-refractivity contribution in [2.24, 2.45) is 5.92 Å².